The van der Waals surface area contributed by atoms with Gasteiger partial charge < -0.3 is 10.4 Å². The van der Waals surface area contributed by atoms with Gasteiger partial charge in [0.25, 0.3) is 0 Å². The summed E-state index contributed by atoms with van der Waals surface area (Å²) >= 11 is 6.19. The number of halogens is 1. The molecule has 1 aromatic rings. The lowest BCUT2D eigenvalue weighted by Gasteiger charge is -2.18. The smallest absolute Gasteiger partial charge is 0.120 e. The molecule has 0 aromatic heterocycles. The molecule has 1 aliphatic heterocycles. The first kappa shape index (κ1) is 10.8. The number of aromatic hydroxyl groups is 1. The number of hydrogen-bond donors (Lipinski definition) is 2. The molecular formula is C12H16ClNO. The van der Waals surface area contributed by atoms with E-state index in [9.17, 15) is 5.11 Å². The van der Waals surface area contributed by atoms with Gasteiger partial charge in [-0.2, -0.15) is 0 Å². The van der Waals surface area contributed by atoms with Gasteiger partial charge in [0.05, 0.1) is 0 Å². The molecule has 3 heteroatoms. The highest BCUT2D eigenvalue weighted by Crippen LogP contribution is 2.37. The SMILES string of the molecule is Cc1cc(O)c([C@H]2CCCN2)c(C)c1Cl. The van der Waals surface area contributed by atoms with Crippen molar-refractivity contribution >= 4 is 11.6 Å². The predicted molar refractivity (Wildman–Crippen MR) is 62.6 cm³/mol. The van der Waals surface area contributed by atoms with Gasteiger partial charge in [0.2, 0.25) is 0 Å². The van der Waals surface area contributed by atoms with Crippen LogP contribution in [0.1, 0.15) is 35.6 Å². The largest absolute Gasteiger partial charge is 0.508 e. The van der Waals surface area contributed by atoms with Crippen molar-refractivity contribution in [1.82, 2.24) is 5.32 Å². The molecule has 0 spiro atoms. The molecule has 2 N–H and O–H groups in total. The summed E-state index contributed by atoms with van der Waals surface area (Å²) in [7, 11) is 0. The maximum Gasteiger partial charge on any atom is 0.120 e. The highest BCUT2D eigenvalue weighted by Gasteiger charge is 2.23. The molecule has 1 atom stereocenters. The molecule has 1 fully saturated rings. The fraction of sp³-hybridized carbons (Fsp3) is 0.500. The summed E-state index contributed by atoms with van der Waals surface area (Å²) in [5.74, 6) is 0.369. The van der Waals surface area contributed by atoms with Gasteiger partial charge >= 0.3 is 0 Å². The van der Waals surface area contributed by atoms with E-state index in [4.69, 9.17) is 11.6 Å². The quantitative estimate of drug-likeness (QED) is 0.770. The van der Waals surface area contributed by atoms with E-state index >= 15 is 0 Å². The van der Waals surface area contributed by atoms with Crippen LogP contribution in [0.25, 0.3) is 0 Å². The molecule has 1 saturated heterocycles. The van der Waals surface area contributed by atoms with Crippen LogP contribution in [0, 0.1) is 13.8 Å². The van der Waals surface area contributed by atoms with Gasteiger partial charge in [0.1, 0.15) is 5.75 Å². The number of nitrogens with one attached hydrogen (secondary N) is 1. The minimum absolute atomic E-state index is 0.267. The summed E-state index contributed by atoms with van der Waals surface area (Å²) in [6, 6.07) is 2.02. The number of rotatable bonds is 1. The molecule has 0 radical (unpaired) electrons. The fourth-order valence-corrected chi connectivity index (χ4v) is 2.48. The lowest BCUT2D eigenvalue weighted by Crippen LogP contribution is -2.14. The van der Waals surface area contributed by atoms with Crippen LogP contribution in [0.4, 0.5) is 0 Å². The third-order valence-electron chi connectivity index (χ3n) is 3.12. The van der Waals surface area contributed by atoms with Crippen LogP contribution < -0.4 is 5.32 Å². The second-order valence-corrected chi connectivity index (χ2v) is 4.59. The van der Waals surface area contributed by atoms with Gasteiger partial charge in [-0.25, -0.2) is 0 Å². The molecule has 1 heterocycles. The van der Waals surface area contributed by atoms with Crippen LogP contribution in [0.5, 0.6) is 5.75 Å². The van der Waals surface area contributed by atoms with E-state index in [2.05, 4.69) is 5.32 Å². The Balaban J connectivity index is 2.50. The van der Waals surface area contributed by atoms with Crippen molar-refractivity contribution in [1.29, 1.82) is 0 Å². The number of phenolic OH excluding ortho intramolecular Hbond substituents is 1. The molecule has 1 aromatic carbocycles. The van der Waals surface area contributed by atoms with Crippen molar-refractivity contribution in [2.45, 2.75) is 32.7 Å². The highest BCUT2D eigenvalue weighted by atomic mass is 35.5. The van der Waals surface area contributed by atoms with Crippen molar-refractivity contribution in [3.05, 3.63) is 27.8 Å². The van der Waals surface area contributed by atoms with E-state index in [1.165, 1.54) is 0 Å². The van der Waals surface area contributed by atoms with Gasteiger partial charge in [-0.05, 0) is 50.4 Å². The van der Waals surface area contributed by atoms with Crippen molar-refractivity contribution in [3.63, 3.8) is 0 Å². The Morgan fingerprint density at radius 1 is 1.47 bits per heavy atom. The van der Waals surface area contributed by atoms with Crippen LogP contribution in [-0.4, -0.2) is 11.7 Å². The molecule has 0 unspecified atom stereocenters. The minimum atomic E-state index is 0.267. The van der Waals surface area contributed by atoms with Gasteiger partial charge in [-0.3, -0.25) is 0 Å². The molecule has 0 saturated carbocycles. The first-order valence-electron chi connectivity index (χ1n) is 5.33. The van der Waals surface area contributed by atoms with Gasteiger partial charge in [-0.1, -0.05) is 11.6 Å². The Hall–Kier alpha value is -0.730. The maximum atomic E-state index is 9.96. The fourth-order valence-electron chi connectivity index (χ4n) is 2.32. The van der Waals surface area contributed by atoms with E-state index in [-0.39, 0.29) is 6.04 Å². The molecule has 2 rings (SSSR count). The van der Waals surface area contributed by atoms with Crippen LogP contribution >= 0.6 is 11.6 Å². The van der Waals surface area contributed by atoms with Crippen LogP contribution in [0.3, 0.4) is 0 Å². The summed E-state index contributed by atoms with van der Waals surface area (Å²) in [4.78, 5) is 0. The van der Waals surface area contributed by atoms with Gasteiger partial charge in [-0.15, -0.1) is 0 Å². The molecule has 2 nitrogen and oxygen atoms in total. The molecular weight excluding hydrogens is 210 g/mol. The summed E-state index contributed by atoms with van der Waals surface area (Å²) in [6.45, 7) is 4.92. The summed E-state index contributed by atoms with van der Waals surface area (Å²) < 4.78 is 0. The zero-order valence-electron chi connectivity index (χ0n) is 9.10. The molecule has 0 aliphatic carbocycles. The van der Waals surface area contributed by atoms with Crippen LogP contribution in [0.15, 0.2) is 6.07 Å². The highest BCUT2D eigenvalue weighted by molar-refractivity contribution is 6.32. The number of benzene rings is 1. The van der Waals surface area contributed by atoms with Crippen molar-refractivity contribution in [2.75, 3.05) is 6.54 Å². The van der Waals surface area contributed by atoms with Crippen LogP contribution in [0.2, 0.25) is 5.02 Å². The number of aryl methyl sites for hydroxylation is 1. The van der Waals surface area contributed by atoms with Gasteiger partial charge in [0, 0.05) is 16.6 Å². The monoisotopic (exact) mass is 225 g/mol. The topological polar surface area (TPSA) is 32.3 Å². The zero-order chi connectivity index (χ0) is 11.0. The standard InChI is InChI=1S/C12H16ClNO/c1-7-6-10(15)11(8(2)12(7)13)9-4-3-5-14-9/h6,9,14-15H,3-5H2,1-2H3/t9-/m1/s1. The Kier molecular flexibility index (Phi) is 2.89. The second-order valence-electron chi connectivity index (χ2n) is 4.21. The summed E-state index contributed by atoms with van der Waals surface area (Å²) in [5, 5.41) is 14.1. The zero-order valence-corrected chi connectivity index (χ0v) is 9.86. The average Bonchev–Trinajstić information content (AvgIpc) is 2.68. The molecule has 0 bridgehead atoms. The molecule has 15 heavy (non-hydrogen) atoms. The average molecular weight is 226 g/mol. The predicted octanol–water partition coefficient (Wildman–Crippen LogP) is 3.09. The Bertz CT molecular complexity index is 384. The number of hydrogen-bond acceptors (Lipinski definition) is 2. The van der Waals surface area contributed by atoms with Crippen LogP contribution in [-0.2, 0) is 0 Å². The lowest BCUT2D eigenvalue weighted by atomic mass is 9.97. The Morgan fingerprint density at radius 3 is 2.80 bits per heavy atom. The molecule has 1 aliphatic rings. The van der Waals surface area contributed by atoms with Crippen molar-refractivity contribution in [2.24, 2.45) is 0 Å². The Labute approximate surface area is 95.3 Å². The van der Waals surface area contributed by atoms with E-state index in [0.29, 0.717) is 5.75 Å². The second kappa shape index (κ2) is 4.03. The first-order chi connectivity index (χ1) is 7.11. The third kappa shape index (κ3) is 1.84. The summed E-state index contributed by atoms with van der Waals surface area (Å²) in [5.41, 5.74) is 2.92. The van der Waals surface area contributed by atoms with E-state index in [1.54, 1.807) is 6.07 Å². The maximum absolute atomic E-state index is 9.96. The van der Waals surface area contributed by atoms with E-state index in [0.717, 1.165) is 41.1 Å². The first-order valence-corrected chi connectivity index (χ1v) is 5.71. The molecule has 82 valence electrons. The minimum Gasteiger partial charge on any atom is -0.508 e. The Morgan fingerprint density at radius 2 is 2.20 bits per heavy atom. The van der Waals surface area contributed by atoms with E-state index < -0.39 is 0 Å². The normalized spacial score (nSPS) is 20.9. The van der Waals surface area contributed by atoms with Crippen molar-refractivity contribution < 1.29 is 5.11 Å². The molecule has 0 amide bonds. The van der Waals surface area contributed by atoms with Crippen molar-refractivity contribution in [3.8, 4) is 5.75 Å². The number of phenols is 1. The van der Waals surface area contributed by atoms with Gasteiger partial charge in [0.15, 0.2) is 0 Å². The third-order valence-corrected chi connectivity index (χ3v) is 3.70. The van der Waals surface area contributed by atoms with E-state index in [1.807, 2.05) is 13.8 Å². The summed E-state index contributed by atoms with van der Waals surface area (Å²) in [6.07, 6.45) is 2.24. The lowest BCUT2D eigenvalue weighted by molar-refractivity contribution is 0.455.